The van der Waals surface area contributed by atoms with Crippen LogP contribution in [-0.4, -0.2) is 37.3 Å². The first-order valence-corrected chi connectivity index (χ1v) is 6.28. The Morgan fingerprint density at radius 3 is 2.70 bits per heavy atom. The number of allylic oxidation sites excluding steroid dienone is 2. The zero-order chi connectivity index (χ0) is 14.3. The van der Waals surface area contributed by atoms with Gasteiger partial charge in [0.1, 0.15) is 11.9 Å². The van der Waals surface area contributed by atoms with Crippen molar-refractivity contribution >= 4 is 5.78 Å². The van der Waals surface area contributed by atoms with E-state index in [9.17, 15) is 9.90 Å². The third-order valence-electron chi connectivity index (χ3n) is 3.58. The van der Waals surface area contributed by atoms with E-state index < -0.39 is 11.9 Å². The summed E-state index contributed by atoms with van der Waals surface area (Å²) in [5.74, 6) is 0.474. The largest absolute Gasteiger partial charge is 0.497 e. The van der Waals surface area contributed by atoms with E-state index in [4.69, 9.17) is 9.47 Å². The highest BCUT2D eigenvalue weighted by atomic mass is 16.5. The molecule has 20 heavy (non-hydrogen) atoms. The topological polar surface area (TPSA) is 67.8 Å². The van der Waals surface area contributed by atoms with E-state index in [1.807, 2.05) is 24.3 Å². The molecular formula is C15H15NO4. The second-order valence-electron chi connectivity index (χ2n) is 4.72. The van der Waals surface area contributed by atoms with Crippen LogP contribution in [0.4, 0.5) is 0 Å². The smallest absolute Gasteiger partial charge is 0.230 e. The van der Waals surface area contributed by atoms with Crippen LogP contribution in [0.2, 0.25) is 0 Å². The number of hydrogen-bond donors (Lipinski definition) is 2. The quantitative estimate of drug-likeness (QED) is 0.775. The van der Waals surface area contributed by atoms with E-state index in [2.05, 4.69) is 5.32 Å². The number of rotatable bonds is 2. The van der Waals surface area contributed by atoms with Crippen molar-refractivity contribution in [3.63, 3.8) is 0 Å². The normalized spacial score (nSPS) is 27.8. The summed E-state index contributed by atoms with van der Waals surface area (Å²) >= 11 is 0. The van der Waals surface area contributed by atoms with Crippen LogP contribution in [0.15, 0.2) is 58.7 Å². The van der Waals surface area contributed by atoms with E-state index in [-0.39, 0.29) is 11.8 Å². The highest BCUT2D eigenvalue weighted by Gasteiger charge is 2.34. The van der Waals surface area contributed by atoms with Gasteiger partial charge in [-0.15, -0.1) is 0 Å². The molecule has 0 bridgehead atoms. The predicted octanol–water partition coefficient (Wildman–Crippen LogP) is 0.713. The number of hydrogen-bond acceptors (Lipinski definition) is 5. The Labute approximate surface area is 116 Å². The molecule has 5 nitrogen and oxygen atoms in total. The van der Waals surface area contributed by atoms with E-state index in [1.165, 1.54) is 7.11 Å². The third kappa shape index (κ3) is 1.87. The Morgan fingerprint density at radius 1 is 1.20 bits per heavy atom. The Kier molecular flexibility index (Phi) is 2.99. The van der Waals surface area contributed by atoms with Crippen molar-refractivity contribution < 1.29 is 19.4 Å². The molecule has 0 aromatic rings. The molecule has 3 aliphatic rings. The Balaban J connectivity index is 2.04. The third-order valence-corrected chi connectivity index (χ3v) is 3.58. The summed E-state index contributed by atoms with van der Waals surface area (Å²) in [6.07, 6.45) is 7.99. The minimum Gasteiger partial charge on any atom is -0.497 e. The number of aliphatic hydroxyl groups excluding tert-OH is 1. The van der Waals surface area contributed by atoms with Gasteiger partial charge in [0.15, 0.2) is 5.76 Å². The maximum Gasteiger partial charge on any atom is 0.230 e. The summed E-state index contributed by atoms with van der Waals surface area (Å²) < 4.78 is 10.2. The van der Waals surface area contributed by atoms with Crippen molar-refractivity contribution in [1.29, 1.82) is 0 Å². The zero-order valence-electron chi connectivity index (χ0n) is 11.2. The zero-order valence-corrected chi connectivity index (χ0v) is 11.2. The fourth-order valence-electron chi connectivity index (χ4n) is 2.49. The first-order chi connectivity index (χ1) is 9.63. The maximum atomic E-state index is 11.9. The number of ether oxygens (including phenoxy) is 2. The van der Waals surface area contributed by atoms with Gasteiger partial charge in [-0.25, -0.2) is 0 Å². The second kappa shape index (κ2) is 4.68. The van der Waals surface area contributed by atoms with Crippen molar-refractivity contribution in [2.75, 3.05) is 14.2 Å². The molecule has 104 valence electrons. The van der Waals surface area contributed by atoms with Crippen molar-refractivity contribution in [3.05, 3.63) is 58.7 Å². The van der Waals surface area contributed by atoms with Crippen molar-refractivity contribution in [1.82, 2.24) is 5.32 Å². The molecule has 0 aromatic heterocycles. The summed E-state index contributed by atoms with van der Waals surface area (Å²) in [6, 6.07) is 0.00223. The van der Waals surface area contributed by atoms with Gasteiger partial charge in [-0.05, 0) is 23.8 Å². The standard InChI is InChI=1S/C15H15NO4/c1-19-9-3-4-11-8(5-9)6-10-12(16-11)7-13(20-2)15(18)14(10)17/h3-7,11,14,16-17H,1-2H3. The lowest BCUT2D eigenvalue weighted by atomic mass is 9.87. The molecular weight excluding hydrogens is 258 g/mol. The minimum absolute atomic E-state index is 0.00223. The summed E-state index contributed by atoms with van der Waals surface area (Å²) in [4.78, 5) is 11.9. The molecule has 0 fully saturated rings. The number of Topliss-reactive ketones (excluding diaryl/α,β-unsaturated/α-hetero) is 1. The van der Waals surface area contributed by atoms with Crippen LogP contribution in [0.3, 0.4) is 0 Å². The molecule has 2 unspecified atom stereocenters. The number of aliphatic hydroxyl groups is 1. The average Bonchev–Trinajstić information content (AvgIpc) is 2.48. The number of nitrogens with one attached hydrogen (secondary N) is 1. The Bertz CT molecular complexity index is 622. The fourth-order valence-corrected chi connectivity index (χ4v) is 2.49. The van der Waals surface area contributed by atoms with E-state index in [0.29, 0.717) is 11.3 Å². The van der Waals surface area contributed by atoms with Gasteiger partial charge in [-0.1, -0.05) is 6.08 Å². The van der Waals surface area contributed by atoms with Crippen LogP contribution in [0.1, 0.15) is 0 Å². The molecule has 2 N–H and O–H groups in total. The van der Waals surface area contributed by atoms with Gasteiger partial charge < -0.3 is 19.9 Å². The number of methoxy groups -OCH3 is 2. The molecule has 3 rings (SSSR count). The average molecular weight is 273 g/mol. The number of carbonyl (C=O) groups is 1. The van der Waals surface area contributed by atoms with Crippen LogP contribution in [-0.2, 0) is 14.3 Å². The van der Waals surface area contributed by atoms with Crippen LogP contribution >= 0.6 is 0 Å². The van der Waals surface area contributed by atoms with Gasteiger partial charge in [0.05, 0.1) is 20.3 Å². The lowest BCUT2D eigenvalue weighted by molar-refractivity contribution is -0.124. The molecule has 5 heteroatoms. The molecule has 0 radical (unpaired) electrons. The molecule has 0 aromatic carbocycles. The van der Waals surface area contributed by atoms with E-state index in [0.717, 1.165) is 11.3 Å². The lowest BCUT2D eigenvalue weighted by Crippen LogP contribution is -2.39. The number of ketones is 1. The highest BCUT2D eigenvalue weighted by molar-refractivity contribution is 6.01. The summed E-state index contributed by atoms with van der Waals surface area (Å²) in [6.45, 7) is 0. The highest BCUT2D eigenvalue weighted by Crippen LogP contribution is 2.30. The van der Waals surface area contributed by atoms with Crippen LogP contribution in [0.5, 0.6) is 0 Å². The van der Waals surface area contributed by atoms with Gasteiger partial charge in [-0.2, -0.15) is 0 Å². The van der Waals surface area contributed by atoms with Crippen LogP contribution in [0.25, 0.3) is 0 Å². The summed E-state index contributed by atoms with van der Waals surface area (Å²) in [5.41, 5.74) is 2.22. The first kappa shape index (κ1) is 12.7. The van der Waals surface area contributed by atoms with Gasteiger partial charge in [0.2, 0.25) is 5.78 Å². The maximum absolute atomic E-state index is 11.9. The second-order valence-corrected chi connectivity index (χ2v) is 4.72. The molecule has 2 atom stereocenters. The van der Waals surface area contributed by atoms with Gasteiger partial charge in [-0.3, -0.25) is 4.79 Å². The lowest BCUT2D eigenvalue weighted by Gasteiger charge is -2.31. The number of dihydropyridines is 1. The molecule has 1 heterocycles. The number of fused-ring (bicyclic) bond motifs is 1. The molecule has 1 aliphatic heterocycles. The first-order valence-electron chi connectivity index (χ1n) is 6.28. The summed E-state index contributed by atoms with van der Waals surface area (Å²) in [5, 5.41) is 13.4. The predicted molar refractivity (Wildman–Crippen MR) is 72.4 cm³/mol. The molecule has 0 amide bonds. The van der Waals surface area contributed by atoms with Crippen molar-refractivity contribution in [2.24, 2.45) is 0 Å². The molecule has 0 spiro atoms. The van der Waals surface area contributed by atoms with Crippen molar-refractivity contribution in [3.8, 4) is 0 Å². The summed E-state index contributed by atoms with van der Waals surface area (Å²) in [7, 11) is 3.02. The minimum atomic E-state index is -1.20. The van der Waals surface area contributed by atoms with Crippen LogP contribution in [0, 0.1) is 0 Å². The molecule has 0 saturated heterocycles. The number of carbonyl (C=O) groups excluding carboxylic acids is 1. The molecule has 2 aliphatic carbocycles. The molecule has 0 saturated carbocycles. The van der Waals surface area contributed by atoms with Crippen molar-refractivity contribution in [2.45, 2.75) is 12.1 Å². The van der Waals surface area contributed by atoms with Gasteiger partial charge in [0.25, 0.3) is 0 Å². The van der Waals surface area contributed by atoms with Gasteiger partial charge >= 0.3 is 0 Å². The van der Waals surface area contributed by atoms with Crippen LogP contribution < -0.4 is 5.32 Å². The van der Waals surface area contributed by atoms with E-state index >= 15 is 0 Å². The fraction of sp³-hybridized carbons (Fsp3) is 0.267. The SMILES string of the molecule is COC1=CC2=CC3=C(C=C(OC)C(=O)C3O)NC2C=C1. The van der Waals surface area contributed by atoms with Gasteiger partial charge in [0, 0.05) is 17.3 Å². The van der Waals surface area contributed by atoms with E-state index in [1.54, 1.807) is 13.2 Å². The monoisotopic (exact) mass is 273 g/mol. The Morgan fingerprint density at radius 2 is 2.00 bits per heavy atom. The Hall–Kier alpha value is -2.27.